The zero-order valence-corrected chi connectivity index (χ0v) is 18.1. The highest BCUT2D eigenvalue weighted by molar-refractivity contribution is 5.91. The Kier molecular flexibility index (Phi) is 8.52. The molecule has 1 atom stereocenters. The number of allylic oxidation sites excluding steroid dienone is 1. The van der Waals surface area contributed by atoms with E-state index in [-0.39, 0.29) is 25.6 Å². The lowest BCUT2D eigenvalue weighted by molar-refractivity contribution is -0.171. The second-order valence-corrected chi connectivity index (χ2v) is 9.82. The van der Waals surface area contributed by atoms with Crippen LogP contribution >= 0.6 is 0 Å². The molecule has 1 aliphatic heterocycles. The predicted molar refractivity (Wildman–Crippen MR) is 106 cm³/mol. The van der Waals surface area contributed by atoms with Gasteiger partial charge in [-0.15, -0.1) is 0 Å². The Hall–Kier alpha value is -1.36. The highest BCUT2D eigenvalue weighted by Crippen LogP contribution is 2.33. The van der Waals surface area contributed by atoms with Crippen LogP contribution in [0.5, 0.6) is 0 Å². The number of aliphatic hydroxyl groups excluding tert-OH is 1. The Morgan fingerprint density at radius 3 is 2.22 bits per heavy atom. The van der Waals surface area contributed by atoms with Crippen LogP contribution in [0.4, 0.5) is 0 Å². The third-order valence-electron chi connectivity index (χ3n) is 4.76. The Morgan fingerprint density at radius 2 is 1.78 bits per heavy atom. The molecule has 1 aliphatic rings. The van der Waals surface area contributed by atoms with Crippen molar-refractivity contribution in [1.29, 1.82) is 0 Å². The molecule has 1 N–H and O–H groups in total. The molecule has 1 heterocycles. The fourth-order valence-corrected chi connectivity index (χ4v) is 3.43. The molecule has 0 aliphatic carbocycles. The van der Waals surface area contributed by atoms with Crippen molar-refractivity contribution in [2.75, 3.05) is 13.2 Å². The number of carbonyl (C=O) groups is 2. The van der Waals surface area contributed by atoms with Crippen molar-refractivity contribution in [3.05, 3.63) is 11.6 Å². The SMILES string of the molecule is CC(C)CC(CC=C1CC(CO)(COC(=O)C(C)(C)C)OC1=O)CC(C)C. The number of rotatable bonds is 9. The van der Waals surface area contributed by atoms with E-state index < -0.39 is 17.0 Å². The lowest BCUT2D eigenvalue weighted by Crippen LogP contribution is -2.40. The van der Waals surface area contributed by atoms with E-state index in [0.29, 0.717) is 23.3 Å². The first kappa shape index (κ1) is 23.7. The molecule has 0 bridgehead atoms. The summed E-state index contributed by atoms with van der Waals surface area (Å²) in [6.07, 6.45) is 5.29. The smallest absolute Gasteiger partial charge is 0.334 e. The molecule has 156 valence electrons. The molecule has 5 heteroatoms. The summed E-state index contributed by atoms with van der Waals surface area (Å²) in [7, 11) is 0. The minimum absolute atomic E-state index is 0.121. The van der Waals surface area contributed by atoms with Crippen molar-refractivity contribution < 1.29 is 24.2 Å². The lowest BCUT2D eigenvalue weighted by atomic mass is 9.86. The van der Waals surface area contributed by atoms with Crippen molar-refractivity contribution in [1.82, 2.24) is 0 Å². The fourth-order valence-electron chi connectivity index (χ4n) is 3.43. The van der Waals surface area contributed by atoms with E-state index in [1.54, 1.807) is 20.8 Å². The van der Waals surface area contributed by atoms with Crippen molar-refractivity contribution in [2.45, 2.75) is 79.8 Å². The Bertz CT molecular complexity index is 531. The van der Waals surface area contributed by atoms with Gasteiger partial charge in [0.15, 0.2) is 5.60 Å². The molecule has 1 fully saturated rings. The molecule has 1 unspecified atom stereocenters. The van der Waals surface area contributed by atoms with Gasteiger partial charge >= 0.3 is 11.9 Å². The van der Waals surface area contributed by atoms with Gasteiger partial charge in [0.05, 0.1) is 12.0 Å². The zero-order chi connectivity index (χ0) is 20.8. The first-order valence-corrected chi connectivity index (χ1v) is 10.1. The molecular formula is C22H38O5. The highest BCUT2D eigenvalue weighted by Gasteiger charge is 2.45. The summed E-state index contributed by atoms with van der Waals surface area (Å²) in [5.41, 5.74) is -1.22. The normalized spacial score (nSPS) is 22.2. The van der Waals surface area contributed by atoms with Crippen LogP contribution in [-0.2, 0) is 19.1 Å². The van der Waals surface area contributed by atoms with Crippen molar-refractivity contribution in [2.24, 2.45) is 23.2 Å². The monoisotopic (exact) mass is 382 g/mol. The summed E-state index contributed by atoms with van der Waals surface area (Å²) in [4.78, 5) is 24.3. The third kappa shape index (κ3) is 7.65. The van der Waals surface area contributed by atoms with Crippen LogP contribution in [0.25, 0.3) is 0 Å². The largest absolute Gasteiger partial charge is 0.461 e. The van der Waals surface area contributed by atoms with Gasteiger partial charge in [-0.05, 0) is 57.8 Å². The molecule has 0 aromatic carbocycles. The Morgan fingerprint density at radius 1 is 1.22 bits per heavy atom. The minimum Gasteiger partial charge on any atom is -0.461 e. The van der Waals surface area contributed by atoms with E-state index in [2.05, 4.69) is 27.7 Å². The third-order valence-corrected chi connectivity index (χ3v) is 4.76. The van der Waals surface area contributed by atoms with Gasteiger partial charge in [-0.2, -0.15) is 0 Å². The summed E-state index contributed by atoms with van der Waals surface area (Å²) in [6, 6.07) is 0. The van der Waals surface area contributed by atoms with Crippen LogP contribution in [0, 0.1) is 23.2 Å². The van der Waals surface area contributed by atoms with Gasteiger partial charge in [0.2, 0.25) is 0 Å². The number of hydrogen-bond acceptors (Lipinski definition) is 5. The van der Waals surface area contributed by atoms with Crippen LogP contribution in [-0.4, -0.2) is 35.9 Å². The summed E-state index contributed by atoms with van der Waals surface area (Å²) in [5.74, 6) is 0.946. The number of carbonyl (C=O) groups excluding carboxylic acids is 2. The average Bonchev–Trinajstić information content (AvgIpc) is 2.85. The lowest BCUT2D eigenvalue weighted by Gasteiger charge is -2.26. The number of cyclic esters (lactones) is 1. The maximum absolute atomic E-state index is 12.3. The van der Waals surface area contributed by atoms with Crippen molar-refractivity contribution in [3.8, 4) is 0 Å². The van der Waals surface area contributed by atoms with E-state index in [1.807, 2.05) is 6.08 Å². The Balaban J connectivity index is 2.78. The predicted octanol–water partition coefficient (Wildman–Crippen LogP) is 4.28. The van der Waals surface area contributed by atoms with Crippen LogP contribution in [0.1, 0.15) is 74.1 Å². The zero-order valence-electron chi connectivity index (χ0n) is 18.1. The molecule has 0 amide bonds. The first-order chi connectivity index (χ1) is 12.4. The average molecular weight is 383 g/mol. The quantitative estimate of drug-likeness (QED) is 0.476. The number of hydrogen-bond donors (Lipinski definition) is 1. The van der Waals surface area contributed by atoms with E-state index in [0.717, 1.165) is 19.3 Å². The van der Waals surface area contributed by atoms with E-state index in [1.165, 1.54) is 0 Å². The number of esters is 2. The van der Waals surface area contributed by atoms with Crippen LogP contribution in [0.15, 0.2) is 11.6 Å². The molecule has 0 radical (unpaired) electrons. The molecule has 0 saturated carbocycles. The molecule has 27 heavy (non-hydrogen) atoms. The summed E-state index contributed by atoms with van der Waals surface area (Å²) >= 11 is 0. The van der Waals surface area contributed by atoms with Gasteiger partial charge in [0, 0.05) is 12.0 Å². The molecule has 1 saturated heterocycles. The second kappa shape index (κ2) is 9.72. The molecule has 0 aromatic rings. The first-order valence-electron chi connectivity index (χ1n) is 10.1. The van der Waals surface area contributed by atoms with E-state index in [9.17, 15) is 14.7 Å². The van der Waals surface area contributed by atoms with Gasteiger partial charge in [0.25, 0.3) is 0 Å². The fraction of sp³-hybridized carbons (Fsp3) is 0.818. The summed E-state index contributed by atoms with van der Waals surface area (Å²) in [5, 5.41) is 9.79. The molecular weight excluding hydrogens is 344 g/mol. The van der Waals surface area contributed by atoms with Crippen LogP contribution in [0.2, 0.25) is 0 Å². The highest BCUT2D eigenvalue weighted by atomic mass is 16.6. The standard InChI is InChI=1S/C22H38O5/c1-15(2)10-17(11-16(3)4)8-9-18-12-22(13-23,27-19(18)24)14-26-20(25)21(5,6)7/h9,15-17,23H,8,10-14H2,1-7H3. The topological polar surface area (TPSA) is 72.8 Å². The molecule has 0 spiro atoms. The van der Waals surface area contributed by atoms with Crippen molar-refractivity contribution >= 4 is 11.9 Å². The van der Waals surface area contributed by atoms with Crippen LogP contribution < -0.4 is 0 Å². The summed E-state index contributed by atoms with van der Waals surface area (Å²) in [6.45, 7) is 13.6. The molecule has 1 rings (SSSR count). The van der Waals surface area contributed by atoms with Gasteiger partial charge < -0.3 is 14.6 Å². The maximum atomic E-state index is 12.3. The molecule has 5 nitrogen and oxygen atoms in total. The van der Waals surface area contributed by atoms with Gasteiger partial charge in [-0.3, -0.25) is 4.79 Å². The maximum Gasteiger partial charge on any atom is 0.334 e. The molecule has 0 aromatic heterocycles. The number of ether oxygens (including phenoxy) is 2. The van der Waals surface area contributed by atoms with E-state index >= 15 is 0 Å². The Labute approximate surface area is 164 Å². The van der Waals surface area contributed by atoms with Gasteiger partial charge in [-0.25, -0.2) is 4.79 Å². The van der Waals surface area contributed by atoms with Crippen LogP contribution in [0.3, 0.4) is 0 Å². The minimum atomic E-state index is -1.16. The second-order valence-electron chi connectivity index (χ2n) is 9.82. The van der Waals surface area contributed by atoms with Crippen molar-refractivity contribution in [3.63, 3.8) is 0 Å². The summed E-state index contributed by atoms with van der Waals surface area (Å²) < 4.78 is 10.7. The van der Waals surface area contributed by atoms with E-state index in [4.69, 9.17) is 9.47 Å². The van der Waals surface area contributed by atoms with Gasteiger partial charge in [0.1, 0.15) is 6.61 Å². The number of aliphatic hydroxyl groups is 1. The van der Waals surface area contributed by atoms with Gasteiger partial charge in [-0.1, -0.05) is 33.8 Å².